The van der Waals surface area contributed by atoms with Gasteiger partial charge in [0.2, 0.25) is 0 Å². The van der Waals surface area contributed by atoms with Gasteiger partial charge in [-0.15, -0.1) is 0 Å². The third-order valence-corrected chi connectivity index (χ3v) is 24.8. The van der Waals surface area contributed by atoms with Gasteiger partial charge in [0.25, 0.3) is 0 Å². The second kappa shape index (κ2) is 17.2. The average molecular weight is 745 g/mol. The second-order valence-electron chi connectivity index (χ2n) is 12.9. The summed E-state index contributed by atoms with van der Waals surface area (Å²) in [6.45, 7) is 8.52. The fourth-order valence-corrected chi connectivity index (χ4v) is 24.8. The van der Waals surface area contributed by atoms with Gasteiger partial charge in [-0.3, -0.25) is 0 Å². The standard InChI is InChI=1S/2C18H15OSi.2C4H9O.Ti/c2*19-20(16-10-4-1-5-11-16,17-12-6-2-7-13-17)18-14-8-3-9-15-18;2*1-3-4(2)5;/h2*1-15H;2*4H,3H2,1-2H3;/q4*-1;+4. The van der Waals surface area contributed by atoms with Crippen LogP contribution in [0.1, 0.15) is 40.5 Å². The molecule has 2 unspecified atom stereocenters. The quantitative estimate of drug-likeness (QED) is 0.0808. The first-order chi connectivity index (χ1) is 25.0. The van der Waals surface area contributed by atoms with Gasteiger partial charge in [-0.1, -0.05) is 0 Å². The monoisotopic (exact) mass is 744 g/mol. The molecule has 2 atom stereocenters. The van der Waals surface area contributed by atoms with Crippen LogP contribution >= 0.6 is 0 Å². The number of rotatable bonds is 16. The van der Waals surface area contributed by atoms with Crippen molar-refractivity contribution in [2.45, 2.75) is 52.7 Å². The van der Waals surface area contributed by atoms with Gasteiger partial charge in [0.1, 0.15) is 0 Å². The Balaban J connectivity index is 1.72. The zero-order chi connectivity index (χ0) is 35.6. The van der Waals surface area contributed by atoms with Crippen LogP contribution in [0.2, 0.25) is 0 Å². The summed E-state index contributed by atoms with van der Waals surface area (Å²) in [4.78, 5) is 0. The van der Waals surface area contributed by atoms with Gasteiger partial charge in [-0.25, -0.2) is 0 Å². The predicted octanol–water partition coefficient (Wildman–Crippen LogP) is 6.80. The molecule has 6 rings (SSSR count). The van der Waals surface area contributed by atoms with E-state index in [0.29, 0.717) is 0 Å². The van der Waals surface area contributed by atoms with E-state index in [1.807, 2.05) is 0 Å². The van der Waals surface area contributed by atoms with Crippen molar-refractivity contribution >= 4 is 47.8 Å². The Kier molecular flexibility index (Phi) is 12.5. The Morgan fingerprint density at radius 3 is 0.745 bits per heavy atom. The van der Waals surface area contributed by atoms with Gasteiger partial charge in [-0.05, 0) is 0 Å². The molecule has 0 aliphatic rings. The molecule has 0 aliphatic heterocycles. The van der Waals surface area contributed by atoms with Gasteiger partial charge < -0.3 is 0 Å². The fourth-order valence-electron chi connectivity index (χ4n) is 6.57. The maximum absolute atomic E-state index is 8.14. The zero-order valence-electron chi connectivity index (χ0n) is 30.0. The molecule has 0 heterocycles. The van der Waals surface area contributed by atoms with E-state index in [9.17, 15) is 0 Å². The van der Waals surface area contributed by atoms with E-state index in [-0.39, 0.29) is 12.2 Å². The molecule has 0 bridgehead atoms. The Bertz CT molecular complexity index is 1560. The van der Waals surface area contributed by atoms with E-state index in [1.54, 1.807) is 0 Å². The van der Waals surface area contributed by atoms with Crippen molar-refractivity contribution in [3.05, 3.63) is 182 Å². The Hall–Kier alpha value is -3.69. The molecule has 0 radical (unpaired) electrons. The molecule has 6 aromatic rings. The molecule has 260 valence electrons. The van der Waals surface area contributed by atoms with Crippen LogP contribution in [0, 0.1) is 0 Å². The molecule has 0 spiro atoms. The number of benzene rings is 6. The normalized spacial score (nSPS) is 13.4. The van der Waals surface area contributed by atoms with Crippen molar-refractivity contribution < 1.29 is 30.8 Å². The molecule has 0 fully saturated rings. The first kappa shape index (κ1) is 37.1. The molecule has 0 saturated carbocycles. The molecule has 0 N–H and O–H groups in total. The van der Waals surface area contributed by atoms with Crippen LogP contribution in [0.25, 0.3) is 0 Å². The summed E-state index contributed by atoms with van der Waals surface area (Å²) >= 11 is -5.00. The molecule has 0 aromatic heterocycles. The van der Waals surface area contributed by atoms with Gasteiger partial charge in [0.15, 0.2) is 0 Å². The van der Waals surface area contributed by atoms with E-state index < -0.39 is 34.8 Å². The summed E-state index contributed by atoms with van der Waals surface area (Å²) in [5.74, 6) is 0. The molecule has 0 aliphatic carbocycles. The van der Waals surface area contributed by atoms with Crippen LogP contribution in [0.15, 0.2) is 182 Å². The van der Waals surface area contributed by atoms with Crippen molar-refractivity contribution in [1.82, 2.24) is 0 Å². The first-order valence-corrected chi connectivity index (χ1v) is 24.4. The van der Waals surface area contributed by atoms with Gasteiger partial charge in [-0.2, -0.15) is 0 Å². The van der Waals surface area contributed by atoms with Crippen molar-refractivity contribution in [1.29, 1.82) is 0 Å². The fraction of sp³-hybridized carbons (Fsp3) is 0.182. The molecule has 0 saturated heterocycles. The molecule has 0 amide bonds. The second-order valence-corrected chi connectivity index (χ2v) is 23.7. The van der Waals surface area contributed by atoms with E-state index >= 15 is 0 Å². The first-order valence-electron chi connectivity index (χ1n) is 18.0. The summed E-state index contributed by atoms with van der Waals surface area (Å²) in [6.07, 6.45) is 1.18. The van der Waals surface area contributed by atoms with Crippen molar-refractivity contribution in [3.8, 4) is 0 Å². The van der Waals surface area contributed by atoms with Crippen LogP contribution < -0.4 is 31.1 Å². The van der Waals surface area contributed by atoms with E-state index in [4.69, 9.17) is 12.7 Å². The summed E-state index contributed by atoms with van der Waals surface area (Å²) in [5.41, 5.74) is 0. The van der Waals surface area contributed by atoms with Crippen molar-refractivity contribution in [3.63, 3.8) is 0 Å². The Morgan fingerprint density at radius 1 is 0.373 bits per heavy atom. The molecule has 4 nitrogen and oxygen atoms in total. The molecule has 51 heavy (non-hydrogen) atoms. The van der Waals surface area contributed by atoms with Gasteiger partial charge >= 0.3 is 313 Å². The minimum absolute atomic E-state index is 0.183. The zero-order valence-corrected chi connectivity index (χ0v) is 33.6. The van der Waals surface area contributed by atoms with Crippen LogP contribution in [-0.4, -0.2) is 28.8 Å². The summed E-state index contributed by atoms with van der Waals surface area (Å²) < 4.78 is 31.1. The summed E-state index contributed by atoms with van der Waals surface area (Å²) in [7, 11) is -6.78. The molecule has 6 aromatic carbocycles. The molecular formula is C44H48O4Si2Ti. The minimum atomic E-state index is -5.00. The Labute approximate surface area is 311 Å². The van der Waals surface area contributed by atoms with E-state index in [2.05, 4.69) is 210 Å². The van der Waals surface area contributed by atoms with E-state index in [0.717, 1.165) is 44.0 Å². The molecule has 7 heteroatoms. The third kappa shape index (κ3) is 8.04. The average Bonchev–Trinajstić information content (AvgIpc) is 3.21. The topological polar surface area (TPSA) is 36.9 Å². The van der Waals surface area contributed by atoms with Gasteiger partial charge in [0, 0.05) is 0 Å². The van der Waals surface area contributed by atoms with Crippen molar-refractivity contribution in [2.75, 3.05) is 0 Å². The van der Waals surface area contributed by atoms with Crippen molar-refractivity contribution in [2.24, 2.45) is 0 Å². The Morgan fingerprint density at radius 2 is 0.569 bits per heavy atom. The maximum atomic E-state index is 8.14. The van der Waals surface area contributed by atoms with Crippen LogP contribution in [0.3, 0.4) is 0 Å². The van der Waals surface area contributed by atoms with Gasteiger partial charge in [0.05, 0.1) is 0 Å². The predicted molar refractivity (Wildman–Crippen MR) is 212 cm³/mol. The summed E-state index contributed by atoms with van der Waals surface area (Å²) in [6, 6.07) is 63.9. The van der Waals surface area contributed by atoms with Crippen LogP contribution in [0.4, 0.5) is 0 Å². The third-order valence-electron chi connectivity index (χ3n) is 9.48. The molecular weight excluding hydrogens is 697 g/mol. The number of hydrogen-bond donors (Lipinski definition) is 0. The van der Waals surface area contributed by atoms with E-state index in [1.165, 1.54) is 0 Å². The van der Waals surface area contributed by atoms with Crippen LogP contribution in [-0.2, 0) is 30.8 Å². The van der Waals surface area contributed by atoms with Crippen LogP contribution in [0.5, 0.6) is 0 Å². The SMILES string of the molecule is CCC(C)[O][Ti]([O]C(C)CC)([O][Si](c1ccccc1)(c1ccccc1)c1ccccc1)[O][Si](c1ccccc1)(c1ccccc1)c1ccccc1. The summed E-state index contributed by atoms with van der Waals surface area (Å²) in [5, 5.41) is 6.63. The number of hydrogen-bond acceptors (Lipinski definition) is 4.